The zero-order valence-electron chi connectivity index (χ0n) is 17.3. The van der Waals surface area contributed by atoms with Gasteiger partial charge in [-0.25, -0.2) is 8.42 Å². The Bertz CT molecular complexity index is 1190. The van der Waals surface area contributed by atoms with E-state index in [0.717, 1.165) is 18.5 Å². The lowest BCUT2D eigenvalue weighted by Gasteiger charge is -2.16. The van der Waals surface area contributed by atoms with Crippen LogP contribution in [0.4, 0.5) is 5.69 Å². The minimum Gasteiger partial charge on any atom is -0.497 e. The van der Waals surface area contributed by atoms with Crippen LogP contribution in [0.3, 0.4) is 0 Å². The highest BCUT2D eigenvalue weighted by Crippen LogP contribution is 2.24. The van der Waals surface area contributed by atoms with Crippen molar-refractivity contribution >= 4 is 33.4 Å². The Kier molecular flexibility index (Phi) is 6.72. The van der Waals surface area contributed by atoms with Crippen LogP contribution in [-0.4, -0.2) is 64.8 Å². The fraction of sp³-hybridized carbons (Fsp3) is 0.300. The first-order valence-corrected chi connectivity index (χ1v) is 12.4. The summed E-state index contributed by atoms with van der Waals surface area (Å²) in [7, 11) is -1.96. The molecular weight excluding hydrogens is 452 g/mol. The number of sulfonamides is 1. The Morgan fingerprint density at radius 1 is 1.16 bits per heavy atom. The number of rotatable bonds is 8. The van der Waals surface area contributed by atoms with Crippen molar-refractivity contribution < 1.29 is 17.9 Å². The number of methoxy groups -OCH3 is 1. The molecule has 4 rings (SSSR count). The summed E-state index contributed by atoms with van der Waals surface area (Å²) in [5.74, 6) is 0.471. The first-order chi connectivity index (χ1) is 15.5. The van der Waals surface area contributed by atoms with E-state index in [-0.39, 0.29) is 16.6 Å². The third kappa shape index (κ3) is 4.92. The zero-order valence-corrected chi connectivity index (χ0v) is 19.0. The molecule has 2 heterocycles. The largest absolute Gasteiger partial charge is 0.497 e. The third-order valence-electron chi connectivity index (χ3n) is 4.91. The molecule has 1 amide bonds. The van der Waals surface area contributed by atoms with Crippen LogP contribution in [0.5, 0.6) is 5.75 Å². The summed E-state index contributed by atoms with van der Waals surface area (Å²) in [5, 5.41) is 14.8. The molecule has 0 aliphatic carbocycles. The first kappa shape index (κ1) is 22.2. The predicted octanol–water partition coefficient (Wildman–Crippen LogP) is 2.19. The molecule has 1 fully saturated rings. The molecular formula is C20H22N6O4S2. The van der Waals surface area contributed by atoms with Crippen molar-refractivity contribution in [2.24, 2.45) is 0 Å². The number of hydrogen-bond donors (Lipinski definition) is 1. The van der Waals surface area contributed by atoms with Crippen molar-refractivity contribution in [1.82, 2.24) is 24.5 Å². The van der Waals surface area contributed by atoms with Crippen LogP contribution in [0.2, 0.25) is 0 Å². The molecule has 0 atom stereocenters. The predicted molar refractivity (Wildman–Crippen MR) is 119 cm³/mol. The second kappa shape index (κ2) is 9.67. The van der Waals surface area contributed by atoms with E-state index < -0.39 is 10.0 Å². The number of anilines is 1. The smallest absolute Gasteiger partial charge is 0.243 e. The van der Waals surface area contributed by atoms with Crippen LogP contribution in [0.25, 0.3) is 5.69 Å². The summed E-state index contributed by atoms with van der Waals surface area (Å²) in [4.78, 5) is 12.6. The lowest BCUT2D eigenvalue weighted by atomic mass is 10.3. The number of benzene rings is 2. The Morgan fingerprint density at radius 2 is 1.91 bits per heavy atom. The number of thioether (sulfide) groups is 1. The molecule has 1 aliphatic rings. The maximum atomic E-state index is 12.7. The van der Waals surface area contributed by atoms with Gasteiger partial charge in [-0.2, -0.15) is 8.99 Å². The van der Waals surface area contributed by atoms with Crippen molar-refractivity contribution in [3.8, 4) is 11.4 Å². The molecule has 1 aliphatic heterocycles. The molecule has 1 saturated heterocycles. The topological polar surface area (TPSA) is 119 Å². The quantitative estimate of drug-likeness (QED) is 0.494. The Labute approximate surface area is 190 Å². The van der Waals surface area contributed by atoms with Gasteiger partial charge in [-0.3, -0.25) is 4.79 Å². The number of nitrogens with zero attached hydrogens (tertiary/aromatic N) is 5. The van der Waals surface area contributed by atoms with E-state index in [1.165, 1.54) is 26.8 Å². The van der Waals surface area contributed by atoms with Crippen LogP contribution >= 0.6 is 11.8 Å². The van der Waals surface area contributed by atoms with Crippen molar-refractivity contribution in [3.05, 3.63) is 48.5 Å². The number of nitrogens with one attached hydrogen (secondary N) is 1. The Hall–Kier alpha value is -2.96. The van der Waals surface area contributed by atoms with E-state index >= 15 is 0 Å². The Balaban J connectivity index is 1.40. The molecule has 0 bridgehead atoms. The first-order valence-electron chi connectivity index (χ1n) is 9.93. The van der Waals surface area contributed by atoms with Gasteiger partial charge in [0.05, 0.1) is 23.4 Å². The minimum atomic E-state index is -3.55. The van der Waals surface area contributed by atoms with Crippen LogP contribution in [0.1, 0.15) is 12.8 Å². The summed E-state index contributed by atoms with van der Waals surface area (Å²) in [6, 6.07) is 13.5. The van der Waals surface area contributed by atoms with Gasteiger partial charge < -0.3 is 10.1 Å². The molecule has 3 aromatic rings. The standard InChI is InChI=1S/C20H22N6O4S2/c1-30-17-9-7-16(8-10-17)26-20(22-23-24-26)31-14-19(27)21-15-5-4-6-18(13-15)32(28,29)25-11-2-3-12-25/h4-10,13H,2-3,11-12,14H2,1H3,(H,21,27). The van der Waals surface area contributed by atoms with Crippen molar-refractivity contribution in [3.63, 3.8) is 0 Å². The lowest BCUT2D eigenvalue weighted by molar-refractivity contribution is -0.113. The number of aromatic nitrogens is 4. The maximum Gasteiger partial charge on any atom is 0.243 e. The minimum absolute atomic E-state index is 0.0552. The average molecular weight is 475 g/mol. The highest BCUT2D eigenvalue weighted by atomic mass is 32.2. The van der Waals surface area contributed by atoms with Crippen LogP contribution in [0, 0.1) is 0 Å². The van der Waals surface area contributed by atoms with Gasteiger partial charge in [0.2, 0.25) is 21.1 Å². The van der Waals surface area contributed by atoms with Gasteiger partial charge in [0, 0.05) is 18.8 Å². The highest BCUT2D eigenvalue weighted by molar-refractivity contribution is 7.99. The normalized spacial score (nSPS) is 14.4. The molecule has 1 aromatic heterocycles. The van der Waals surface area contributed by atoms with Crippen LogP contribution in [-0.2, 0) is 14.8 Å². The fourth-order valence-electron chi connectivity index (χ4n) is 3.29. The Morgan fingerprint density at radius 3 is 2.62 bits per heavy atom. The van der Waals surface area contributed by atoms with Crippen molar-refractivity contribution in [2.45, 2.75) is 22.9 Å². The van der Waals surface area contributed by atoms with E-state index in [1.807, 2.05) is 12.1 Å². The lowest BCUT2D eigenvalue weighted by Crippen LogP contribution is -2.28. The molecule has 0 radical (unpaired) electrons. The number of carbonyl (C=O) groups is 1. The number of carbonyl (C=O) groups excluding carboxylic acids is 1. The van der Waals surface area contributed by atoms with Gasteiger partial charge in [0.25, 0.3) is 0 Å². The number of hydrogen-bond acceptors (Lipinski definition) is 8. The monoisotopic (exact) mass is 474 g/mol. The number of tetrazole rings is 1. The van der Waals surface area contributed by atoms with E-state index in [1.54, 1.807) is 37.4 Å². The van der Waals surface area contributed by atoms with Gasteiger partial charge >= 0.3 is 0 Å². The summed E-state index contributed by atoms with van der Waals surface area (Å²) in [6.45, 7) is 1.05. The molecule has 0 unspecified atom stereocenters. The molecule has 0 saturated carbocycles. The second-order valence-electron chi connectivity index (χ2n) is 7.05. The maximum absolute atomic E-state index is 12.7. The summed E-state index contributed by atoms with van der Waals surface area (Å²) in [5.41, 5.74) is 1.16. The molecule has 168 valence electrons. The van der Waals surface area contributed by atoms with E-state index in [4.69, 9.17) is 4.74 Å². The average Bonchev–Trinajstić information content (AvgIpc) is 3.51. The number of amides is 1. The molecule has 0 spiro atoms. The summed E-state index contributed by atoms with van der Waals surface area (Å²) < 4.78 is 33.6. The molecule has 10 nitrogen and oxygen atoms in total. The summed E-state index contributed by atoms with van der Waals surface area (Å²) >= 11 is 1.17. The van der Waals surface area contributed by atoms with Crippen molar-refractivity contribution in [1.29, 1.82) is 0 Å². The van der Waals surface area contributed by atoms with Gasteiger partial charge in [-0.15, -0.1) is 5.10 Å². The molecule has 1 N–H and O–H groups in total. The zero-order chi connectivity index (χ0) is 22.6. The van der Waals surface area contributed by atoms with Gasteiger partial charge in [-0.05, 0) is 65.7 Å². The van der Waals surface area contributed by atoms with Gasteiger partial charge in [0.15, 0.2) is 0 Å². The van der Waals surface area contributed by atoms with E-state index in [9.17, 15) is 13.2 Å². The second-order valence-corrected chi connectivity index (χ2v) is 9.93. The molecule has 2 aromatic carbocycles. The number of ether oxygens (including phenoxy) is 1. The van der Waals surface area contributed by atoms with E-state index in [0.29, 0.717) is 29.7 Å². The van der Waals surface area contributed by atoms with Gasteiger partial charge in [0.1, 0.15) is 5.75 Å². The van der Waals surface area contributed by atoms with Gasteiger partial charge in [-0.1, -0.05) is 17.8 Å². The SMILES string of the molecule is COc1ccc(-n2nnnc2SCC(=O)Nc2cccc(S(=O)(=O)N3CCCC3)c2)cc1. The van der Waals surface area contributed by atoms with Crippen LogP contribution in [0.15, 0.2) is 58.6 Å². The summed E-state index contributed by atoms with van der Waals surface area (Å²) in [6.07, 6.45) is 1.73. The van der Waals surface area contributed by atoms with Crippen molar-refractivity contribution in [2.75, 3.05) is 31.3 Å². The van der Waals surface area contributed by atoms with E-state index in [2.05, 4.69) is 20.8 Å². The molecule has 12 heteroatoms. The van der Waals surface area contributed by atoms with Crippen LogP contribution < -0.4 is 10.1 Å². The highest BCUT2D eigenvalue weighted by Gasteiger charge is 2.27. The fourth-order valence-corrected chi connectivity index (χ4v) is 5.55. The third-order valence-corrected chi connectivity index (χ3v) is 7.72. The molecule has 32 heavy (non-hydrogen) atoms.